The number of unbranched alkanes of at least 4 members (excludes halogenated alkanes) is 2. The van der Waals surface area contributed by atoms with Crippen LogP contribution in [0.1, 0.15) is 64.7 Å². The second kappa shape index (κ2) is 11.3. The molecule has 2 aliphatic rings. The lowest BCUT2D eigenvalue weighted by Crippen LogP contribution is -2.38. The molecule has 1 N–H and O–H groups in total. The normalized spacial score (nSPS) is 22.8. The number of rotatable bonds is 9. The smallest absolute Gasteiger partial charge is 0.411 e. The number of nitrogens with one attached hydrogen (secondary N) is 1. The van der Waals surface area contributed by atoms with Crippen LogP contribution < -0.4 is 10.1 Å². The first-order valence-electron chi connectivity index (χ1n) is 11.2. The van der Waals surface area contributed by atoms with E-state index < -0.39 is 0 Å². The number of ether oxygens (including phenoxy) is 2. The topological polar surface area (TPSA) is 50.8 Å². The number of hydrogen-bond acceptors (Lipinski definition) is 4. The van der Waals surface area contributed by atoms with Crippen LogP contribution in [-0.4, -0.2) is 43.3 Å². The van der Waals surface area contributed by atoms with Crippen LogP contribution in [0, 0.1) is 5.92 Å². The fourth-order valence-electron chi connectivity index (χ4n) is 4.33. The second-order valence-electron chi connectivity index (χ2n) is 8.20. The molecule has 1 saturated heterocycles. The molecular weight excluding hydrogens is 352 g/mol. The van der Waals surface area contributed by atoms with Crippen molar-refractivity contribution in [3.8, 4) is 5.75 Å². The molecule has 156 valence electrons. The van der Waals surface area contributed by atoms with Gasteiger partial charge in [-0.3, -0.25) is 5.32 Å². The fourth-order valence-corrected chi connectivity index (χ4v) is 4.33. The second-order valence-corrected chi connectivity index (χ2v) is 8.20. The van der Waals surface area contributed by atoms with Gasteiger partial charge in [-0.15, -0.1) is 0 Å². The Hall–Kier alpha value is -1.75. The summed E-state index contributed by atoms with van der Waals surface area (Å²) in [6.07, 6.45) is 10.2. The number of hydrogen-bond donors (Lipinski definition) is 1. The molecule has 0 radical (unpaired) electrons. The third-order valence-electron chi connectivity index (χ3n) is 5.89. The van der Waals surface area contributed by atoms with Gasteiger partial charge in [0.25, 0.3) is 0 Å². The van der Waals surface area contributed by atoms with Crippen molar-refractivity contribution in [2.24, 2.45) is 5.92 Å². The quantitative estimate of drug-likeness (QED) is 0.571. The van der Waals surface area contributed by atoms with Gasteiger partial charge in [-0.05, 0) is 63.7 Å². The average Bonchev–Trinajstić information content (AvgIpc) is 3.20. The zero-order chi connectivity index (χ0) is 19.6. The Morgan fingerprint density at radius 2 is 1.96 bits per heavy atom. The molecule has 28 heavy (non-hydrogen) atoms. The molecule has 5 heteroatoms. The van der Waals surface area contributed by atoms with Crippen LogP contribution in [-0.2, 0) is 4.74 Å². The molecule has 0 bridgehead atoms. The highest BCUT2D eigenvalue weighted by Crippen LogP contribution is 2.29. The number of amides is 1. The first-order chi connectivity index (χ1) is 13.7. The molecule has 0 aromatic heterocycles. The van der Waals surface area contributed by atoms with Gasteiger partial charge in [0.1, 0.15) is 11.9 Å². The highest BCUT2D eigenvalue weighted by Gasteiger charge is 2.30. The minimum atomic E-state index is -0.346. The molecule has 0 unspecified atom stereocenters. The Kier molecular flexibility index (Phi) is 8.46. The van der Waals surface area contributed by atoms with Crippen molar-refractivity contribution in [1.82, 2.24) is 4.90 Å². The van der Waals surface area contributed by atoms with Gasteiger partial charge in [0.2, 0.25) is 0 Å². The molecular formula is C23H36N2O3. The fraction of sp³-hybridized carbons (Fsp3) is 0.696. The monoisotopic (exact) mass is 388 g/mol. The summed E-state index contributed by atoms with van der Waals surface area (Å²) in [5.74, 6) is 1.25. The summed E-state index contributed by atoms with van der Waals surface area (Å²) in [5.41, 5.74) is 0.727. The molecule has 1 aliphatic heterocycles. The van der Waals surface area contributed by atoms with Crippen molar-refractivity contribution in [2.45, 2.75) is 70.8 Å². The van der Waals surface area contributed by atoms with Crippen LogP contribution in [0.2, 0.25) is 0 Å². The van der Waals surface area contributed by atoms with Gasteiger partial charge in [-0.1, -0.05) is 32.3 Å². The van der Waals surface area contributed by atoms with Gasteiger partial charge in [0, 0.05) is 24.2 Å². The van der Waals surface area contributed by atoms with Gasteiger partial charge in [-0.2, -0.15) is 0 Å². The van der Waals surface area contributed by atoms with E-state index in [0.29, 0.717) is 12.5 Å². The van der Waals surface area contributed by atoms with Crippen LogP contribution in [0.4, 0.5) is 10.5 Å². The van der Waals surface area contributed by atoms with Gasteiger partial charge >= 0.3 is 6.09 Å². The van der Waals surface area contributed by atoms with E-state index in [1.54, 1.807) is 0 Å². The molecule has 0 spiro atoms. The highest BCUT2D eigenvalue weighted by atomic mass is 16.6. The zero-order valence-electron chi connectivity index (χ0n) is 17.3. The first kappa shape index (κ1) is 21.0. The van der Waals surface area contributed by atoms with Crippen molar-refractivity contribution in [2.75, 3.05) is 31.6 Å². The number of nitrogens with zero attached hydrogens (tertiary/aromatic N) is 1. The first-order valence-corrected chi connectivity index (χ1v) is 11.2. The lowest BCUT2D eigenvalue weighted by atomic mass is 9.86. The maximum atomic E-state index is 12.5. The Balaban J connectivity index is 1.48. The molecule has 1 amide bonds. The van der Waals surface area contributed by atoms with Gasteiger partial charge in [-0.25, -0.2) is 4.79 Å². The summed E-state index contributed by atoms with van der Waals surface area (Å²) < 4.78 is 11.6. The van der Waals surface area contributed by atoms with E-state index in [9.17, 15) is 4.79 Å². The van der Waals surface area contributed by atoms with Crippen LogP contribution >= 0.6 is 0 Å². The minimum Gasteiger partial charge on any atom is -0.494 e. The minimum absolute atomic E-state index is 0.0304. The molecule has 2 atom stereocenters. The molecule has 1 aromatic rings. The van der Waals surface area contributed by atoms with E-state index in [0.717, 1.165) is 43.7 Å². The van der Waals surface area contributed by atoms with Gasteiger partial charge in [0.15, 0.2) is 0 Å². The van der Waals surface area contributed by atoms with Crippen molar-refractivity contribution in [3.63, 3.8) is 0 Å². The lowest BCUT2D eigenvalue weighted by molar-refractivity contribution is 0.0327. The maximum absolute atomic E-state index is 12.5. The summed E-state index contributed by atoms with van der Waals surface area (Å²) >= 11 is 0. The van der Waals surface area contributed by atoms with Crippen molar-refractivity contribution < 1.29 is 14.3 Å². The lowest BCUT2D eigenvalue weighted by Gasteiger charge is -2.33. The Bertz CT molecular complexity index is 601. The third-order valence-corrected chi connectivity index (χ3v) is 5.89. The molecule has 1 saturated carbocycles. The average molecular weight is 389 g/mol. The van der Waals surface area contributed by atoms with Crippen molar-refractivity contribution in [1.29, 1.82) is 0 Å². The number of carbonyl (C=O) groups excluding carboxylic acids is 1. The molecule has 2 fully saturated rings. The number of carbonyl (C=O) groups is 1. The Labute approximate surface area is 169 Å². The molecule has 1 aromatic carbocycles. The summed E-state index contributed by atoms with van der Waals surface area (Å²) in [7, 11) is 0. The summed E-state index contributed by atoms with van der Waals surface area (Å²) in [4.78, 5) is 15.0. The molecule has 1 heterocycles. The summed E-state index contributed by atoms with van der Waals surface area (Å²) in [6, 6.07) is 7.58. The van der Waals surface area contributed by atoms with Crippen LogP contribution in [0.5, 0.6) is 5.75 Å². The van der Waals surface area contributed by atoms with E-state index in [1.165, 1.54) is 45.2 Å². The summed E-state index contributed by atoms with van der Waals surface area (Å²) in [5, 5.41) is 2.89. The standard InChI is InChI=1S/C23H36N2O3/c1-2-3-8-16-27-21-12-9-11-20(17-21)24-23(26)28-22-13-5-4-10-19(22)18-25-14-6-7-15-25/h9,11-12,17,19,22H,2-8,10,13-16,18H2,1H3,(H,24,26)/t19-,22-/m1/s1. The largest absolute Gasteiger partial charge is 0.494 e. The van der Waals surface area contributed by atoms with E-state index in [-0.39, 0.29) is 12.2 Å². The van der Waals surface area contributed by atoms with Crippen LogP contribution in [0.3, 0.4) is 0 Å². The molecule has 1 aliphatic carbocycles. The van der Waals surface area contributed by atoms with E-state index in [4.69, 9.17) is 9.47 Å². The number of anilines is 1. The van der Waals surface area contributed by atoms with Gasteiger partial charge < -0.3 is 14.4 Å². The summed E-state index contributed by atoms with van der Waals surface area (Å²) in [6.45, 7) is 6.35. The Morgan fingerprint density at radius 3 is 2.79 bits per heavy atom. The zero-order valence-corrected chi connectivity index (χ0v) is 17.3. The van der Waals surface area contributed by atoms with Crippen molar-refractivity contribution >= 4 is 11.8 Å². The SMILES string of the molecule is CCCCCOc1cccc(NC(=O)O[C@@H]2CCCC[C@@H]2CN2CCCC2)c1. The van der Waals surface area contributed by atoms with Crippen LogP contribution in [0.25, 0.3) is 0 Å². The third kappa shape index (κ3) is 6.69. The number of benzene rings is 1. The van der Waals surface area contributed by atoms with E-state index in [1.807, 2.05) is 24.3 Å². The van der Waals surface area contributed by atoms with E-state index in [2.05, 4.69) is 17.1 Å². The predicted molar refractivity (Wildman–Crippen MR) is 113 cm³/mol. The maximum Gasteiger partial charge on any atom is 0.411 e. The van der Waals surface area contributed by atoms with Crippen LogP contribution in [0.15, 0.2) is 24.3 Å². The van der Waals surface area contributed by atoms with E-state index >= 15 is 0 Å². The predicted octanol–water partition coefficient (Wildman–Crippen LogP) is 5.46. The Morgan fingerprint density at radius 1 is 1.14 bits per heavy atom. The molecule has 5 nitrogen and oxygen atoms in total. The highest BCUT2D eigenvalue weighted by molar-refractivity contribution is 5.85. The van der Waals surface area contributed by atoms with Crippen molar-refractivity contribution in [3.05, 3.63) is 24.3 Å². The van der Waals surface area contributed by atoms with Gasteiger partial charge in [0.05, 0.1) is 6.61 Å². The number of likely N-dealkylation sites (tertiary alicyclic amines) is 1. The molecule has 3 rings (SSSR count).